The molecule has 35 heavy (non-hydrogen) atoms. The number of rotatable bonds is 6. The standard InChI is InChI=1S/C28H29N5O2/c1-19-8-10-21(11-9-19)18-33-26-25(17-30-33)24(14-20(2)31-26)27(34)29-16-22-6-5-7-23(15-22)28(35)32-12-3-4-13-32/h5-11,14-15,17H,3-4,12-13,16,18H2,1-2H3,(H,29,34). The van der Waals surface area contributed by atoms with Gasteiger partial charge in [0.1, 0.15) is 0 Å². The summed E-state index contributed by atoms with van der Waals surface area (Å²) in [6.45, 7) is 6.49. The average Bonchev–Trinajstić information content (AvgIpc) is 3.54. The van der Waals surface area contributed by atoms with Crippen molar-refractivity contribution in [3.63, 3.8) is 0 Å². The maximum Gasteiger partial charge on any atom is 0.253 e. The fourth-order valence-electron chi connectivity index (χ4n) is 4.54. The molecule has 1 aliphatic rings. The first-order valence-electron chi connectivity index (χ1n) is 12.0. The van der Waals surface area contributed by atoms with E-state index in [2.05, 4.69) is 46.6 Å². The van der Waals surface area contributed by atoms with Gasteiger partial charge < -0.3 is 10.2 Å². The van der Waals surface area contributed by atoms with Gasteiger partial charge in [0, 0.05) is 30.9 Å². The lowest BCUT2D eigenvalue weighted by Crippen LogP contribution is -2.28. The Hall–Kier alpha value is -4.00. The molecule has 1 N–H and O–H groups in total. The van der Waals surface area contributed by atoms with Gasteiger partial charge in [-0.1, -0.05) is 42.0 Å². The van der Waals surface area contributed by atoms with Gasteiger partial charge in [-0.15, -0.1) is 0 Å². The van der Waals surface area contributed by atoms with Crippen LogP contribution in [0.4, 0.5) is 0 Å². The molecule has 0 bridgehead atoms. The van der Waals surface area contributed by atoms with E-state index in [4.69, 9.17) is 0 Å². The van der Waals surface area contributed by atoms with Crippen molar-refractivity contribution in [3.05, 3.63) is 94.3 Å². The van der Waals surface area contributed by atoms with Crippen LogP contribution in [-0.4, -0.2) is 44.6 Å². The van der Waals surface area contributed by atoms with E-state index in [9.17, 15) is 9.59 Å². The van der Waals surface area contributed by atoms with Crippen molar-refractivity contribution in [1.82, 2.24) is 25.0 Å². The zero-order chi connectivity index (χ0) is 24.4. The van der Waals surface area contributed by atoms with Gasteiger partial charge >= 0.3 is 0 Å². The highest BCUT2D eigenvalue weighted by Crippen LogP contribution is 2.20. The second-order valence-electron chi connectivity index (χ2n) is 9.22. The monoisotopic (exact) mass is 467 g/mol. The Labute approximate surface area is 204 Å². The number of amides is 2. The third-order valence-corrected chi connectivity index (χ3v) is 6.46. The molecular weight excluding hydrogens is 438 g/mol. The molecule has 0 unspecified atom stereocenters. The molecule has 2 amide bonds. The molecule has 7 heteroatoms. The molecule has 0 saturated carbocycles. The number of aromatic nitrogens is 3. The number of carbonyl (C=O) groups excluding carboxylic acids is 2. The molecular formula is C28H29N5O2. The summed E-state index contributed by atoms with van der Waals surface area (Å²) in [4.78, 5) is 32.4. The zero-order valence-electron chi connectivity index (χ0n) is 20.1. The molecule has 1 fully saturated rings. The molecule has 0 aliphatic carbocycles. The zero-order valence-corrected chi connectivity index (χ0v) is 20.1. The normalized spacial score (nSPS) is 13.4. The van der Waals surface area contributed by atoms with Gasteiger partial charge in [0.15, 0.2) is 5.65 Å². The van der Waals surface area contributed by atoms with Crippen LogP contribution in [0, 0.1) is 13.8 Å². The summed E-state index contributed by atoms with van der Waals surface area (Å²) in [5.41, 5.74) is 5.88. The second kappa shape index (κ2) is 9.70. The van der Waals surface area contributed by atoms with E-state index in [0.29, 0.717) is 29.9 Å². The van der Waals surface area contributed by atoms with Crippen LogP contribution < -0.4 is 5.32 Å². The fraction of sp³-hybridized carbons (Fsp3) is 0.286. The Balaban J connectivity index is 1.33. The van der Waals surface area contributed by atoms with Crippen LogP contribution in [0.5, 0.6) is 0 Å². The highest BCUT2D eigenvalue weighted by atomic mass is 16.2. The van der Waals surface area contributed by atoms with E-state index in [1.54, 1.807) is 12.3 Å². The molecule has 1 saturated heterocycles. The van der Waals surface area contributed by atoms with Crippen LogP contribution in [-0.2, 0) is 13.1 Å². The number of carbonyl (C=O) groups is 2. The summed E-state index contributed by atoms with van der Waals surface area (Å²) in [5.74, 6) is -0.130. The number of nitrogens with zero attached hydrogens (tertiary/aromatic N) is 4. The van der Waals surface area contributed by atoms with E-state index >= 15 is 0 Å². The number of fused-ring (bicyclic) bond motifs is 1. The van der Waals surface area contributed by atoms with E-state index in [1.165, 1.54) is 5.56 Å². The Morgan fingerprint density at radius 3 is 2.51 bits per heavy atom. The summed E-state index contributed by atoms with van der Waals surface area (Å²) < 4.78 is 1.83. The van der Waals surface area contributed by atoms with Crippen molar-refractivity contribution in [2.75, 3.05) is 13.1 Å². The molecule has 7 nitrogen and oxygen atoms in total. The van der Waals surface area contributed by atoms with E-state index in [0.717, 1.165) is 48.1 Å². The number of aryl methyl sites for hydroxylation is 2. The Morgan fingerprint density at radius 1 is 0.971 bits per heavy atom. The van der Waals surface area contributed by atoms with Crippen LogP contribution in [0.1, 0.15) is 55.9 Å². The lowest BCUT2D eigenvalue weighted by Gasteiger charge is -2.15. The first-order valence-corrected chi connectivity index (χ1v) is 12.0. The highest BCUT2D eigenvalue weighted by molar-refractivity contribution is 6.05. The predicted molar refractivity (Wildman–Crippen MR) is 135 cm³/mol. The first-order chi connectivity index (χ1) is 17.0. The van der Waals surface area contributed by atoms with Gasteiger partial charge in [-0.05, 0) is 56.0 Å². The van der Waals surface area contributed by atoms with Crippen LogP contribution in [0.25, 0.3) is 11.0 Å². The molecule has 0 radical (unpaired) electrons. The van der Waals surface area contributed by atoms with Crippen LogP contribution >= 0.6 is 0 Å². The molecule has 4 aromatic rings. The number of benzene rings is 2. The number of pyridine rings is 1. The van der Waals surface area contributed by atoms with Crippen LogP contribution in [0.3, 0.4) is 0 Å². The summed E-state index contributed by atoms with van der Waals surface area (Å²) in [6, 6.07) is 17.6. The highest BCUT2D eigenvalue weighted by Gasteiger charge is 2.20. The van der Waals surface area contributed by atoms with Crippen LogP contribution in [0.15, 0.2) is 60.8 Å². The minimum Gasteiger partial charge on any atom is -0.348 e. The van der Waals surface area contributed by atoms with Crippen molar-refractivity contribution in [1.29, 1.82) is 0 Å². The minimum atomic E-state index is -0.188. The second-order valence-corrected chi connectivity index (χ2v) is 9.22. The predicted octanol–water partition coefficient (Wildman–Crippen LogP) is 4.26. The van der Waals surface area contributed by atoms with E-state index in [1.807, 2.05) is 40.8 Å². The van der Waals surface area contributed by atoms with Gasteiger partial charge in [0.05, 0.1) is 23.7 Å². The van der Waals surface area contributed by atoms with Gasteiger partial charge in [-0.2, -0.15) is 5.10 Å². The van der Waals surface area contributed by atoms with E-state index < -0.39 is 0 Å². The SMILES string of the molecule is Cc1ccc(Cn2ncc3c(C(=O)NCc4cccc(C(=O)N5CCCC5)c4)cc(C)nc32)cc1. The van der Waals surface area contributed by atoms with Crippen molar-refractivity contribution in [2.24, 2.45) is 0 Å². The van der Waals surface area contributed by atoms with Gasteiger partial charge in [0.2, 0.25) is 0 Å². The van der Waals surface area contributed by atoms with E-state index in [-0.39, 0.29) is 11.8 Å². The molecule has 3 heterocycles. The quantitative estimate of drug-likeness (QED) is 0.459. The molecule has 0 spiro atoms. The number of likely N-dealkylation sites (tertiary alicyclic amines) is 1. The maximum atomic E-state index is 13.2. The molecule has 5 rings (SSSR count). The average molecular weight is 468 g/mol. The fourth-order valence-corrected chi connectivity index (χ4v) is 4.54. The van der Waals surface area contributed by atoms with Crippen molar-refractivity contribution in [2.45, 2.75) is 39.8 Å². The van der Waals surface area contributed by atoms with Gasteiger partial charge in [-0.25, -0.2) is 9.67 Å². The first kappa shape index (κ1) is 22.8. The maximum absolute atomic E-state index is 13.2. The minimum absolute atomic E-state index is 0.0585. The third kappa shape index (κ3) is 4.94. The Morgan fingerprint density at radius 2 is 1.74 bits per heavy atom. The number of hydrogen-bond donors (Lipinski definition) is 1. The Bertz CT molecular complexity index is 1380. The number of hydrogen-bond acceptors (Lipinski definition) is 4. The largest absolute Gasteiger partial charge is 0.348 e. The summed E-state index contributed by atoms with van der Waals surface area (Å²) in [7, 11) is 0. The molecule has 2 aromatic carbocycles. The van der Waals surface area contributed by atoms with Gasteiger partial charge in [0.25, 0.3) is 11.8 Å². The molecule has 178 valence electrons. The smallest absolute Gasteiger partial charge is 0.253 e. The molecule has 0 atom stereocenters. The van der Waals surface area contributed by atoms with Crippen molar-refractivity contribution in [3.8, 4) is 0 Å². The summed E-state index contributed by atoms with van der Waals surface area (Å²) in [5, 5.41) is 8.24. The van der Waals surface area contributed by atoms with Crippen molar-refractivity contribution >= 4 is 22.8 Å². The van der Waals surface area contributed by atoms with Gasteiger partial charge in [-0.3, -0.25) is 9.59 Å². The lowest BCUT2D eigenvalue weighted by molar-refractivity contribution is 0.0792. The molecule has 1 aliphatic heterocycles. The summed E-state index contributed by atoms with van der Waals surface area (Å²) >= 11 is 0. The molecule has 2 aromatic heterocycles. The topological polar surface area (TPSA) is 80.1 Å². The third-order valence-electron chi connectivity index (χ3n) is 6.46. The van der Waals surface area contributed by atoms with Crippen LogP contribution in [0.2, 0.25) is 0 Å². The van der Waals surface area contributed by atoms with Crippen molar-refractivity contribution < 1.29 is 9.59 Å². The Kier molecular flexibility index (Phi) is 6.31. The lowest BCUT2D eigenvalue weighted by atomic mass is 10.1. The summed E-state index contributed by atoms with van der Waals surface area (Å²) in [6.07, 6.45) is 3.83. The number of nitrogens with one attached hydrogen (secondary N) is 1.